The first-order valence-corrected chi connectivity index (χ1v) is 11.0. The number of hydrogen-bond acceptors (Lipinski definition) is 4. The standard InChI is InChI=1S/C23H34N2O4/c1-3-15-29-23(12-6-7-18(2)16-23)22(27)24-19-8-10-20(11-9-19)28-17-21(26)25-13-4-5-14-25/h8-11,18H,3-7,12-17H2,1-2H3,(H,24,27)/t18-,23+/m1/s1. The number of nitrogens with zero attached hydrogens (tertiary/aromatic N) is 1. The van der Waals surface area contributed by atoms with E-state index in [4.69, 9.17) is 9.47 Å². The first-order valence-electron chi connectivity index (χ1n) is 11.0. The quantitative estimate of drug-likeness (QED) is 0.714. The Labute approximate surface area is 173 Å². The topological polar surface area (TPSA) is 67.9 Å². The average Bonchev–Trinajstić information content (AvgIpc) is 3.26. The predicted molar refractivity (Wildman–Crippen MR) is 113 cm³/mol. The molecule has 1 aromatic rings. The summed E-state index contributed by atoms with van der Waals surface area (Å²) in [7, 11) is 0. The molecule has 1 aromatic carbocycles. The molecule has 1 saturated heterocycles. The monoisotopic (exact) mass is 402 g/mol. The Morgan fingerprint density at radius 1 is 1.17 bits per heavy atom. The minimum atomic E-state index is -0.731. The first kappa shape index (κ1) is 21.6. The molecule has 6 nitrogen and oxygen atoms in total. The second kappa shape index (κ2) is 10.1. The summed E-state index contributed by atoms with van der Waals surface area (Å²) in [5.41, 5.74) is -0.0173. The van der Waals surface area contributed by atoms with Crippen LogP contribution in [-0.4, -0.2) is 48.6 Å². The number of anilines is 1. The number of carbonyl (C=O) groups is 2. The van der Waals surface area contributed by atoms with Gasteiger partial charge in [0, 0.05) is 25.4 Å². The van der Waals surface area contributed by atoms with Gasteiger partial charge in [0.1, 0.15) is 11.4 Å². The molecule has 0 spiro atoms. The number of likely N-dealkylation sites (tertiary alicyclic amines) is 1. The van der Waals surface area contributed by atoms with Crippen molar-refractivity contribution in [2.75, 3.05) is 31.6 Å². The van der Waals surface area contributed by atoms with Gasteiger partial charge < -0.3 is 19.7 Å². The van der Waals surface area contributed by atoms with Crippen molar-refractivity contribution in [2.45, 2.75) is 64.4 Å². The molecule has 0 radical (unpaired) electrons. The second-order valence-corrected chi connectivity index (χ2v) is 8.40. The molecule has 0 bridgehead atoms. The molecule has 0 aromatic heterocycles. The number of nitrogens with one attached hydrogen (secondary N) is 1. The summed E-state index contributed by atoms with van der Waals surface area (Å²) in [5.74, 6) is 1.07. The molecule has 2 aliphatic rings. The van der Waals surface area contributed by atoms with E-state index in [0.29, 0.717) is 24.0 Å². The highest BCUT2D eigenvalue weighted by molar-refractivity contribution is 5.97. The van der Waals surface area contributed by atoms with E-state index in [1.165, 1.54) is 0 Å². The van der Waals surface area contributed by atoms with Gasteiger partial charge in [-0.25, -0.2) is 0 Å². The Hall–Kier alpha value is -2.08. The molecule has 1 saturated carbocycles. The van der Waals surface area contributed by atoms with Gasteiger partial charge in [0.15, 0.2) is 6.61 Å². The van der Waals surface area contributed by atoms with E-state index >= 15 is 0 Å². The largest absolute Gasteiger partial charge is 0.484 e. The van der Waals surface area contributed by atoms with Crippen molar-refractivity contribution in [1.29, 1.82) is 0 Å². The number of ether oxygens (including phenoxy) is 2. The van der Waals surface area contributed by atoms with Crippen molar-refractivity contribution in [3.8, 4) is 5.75 Å². The fourth-order valence-corrected chi connectivity index (χ4v) is 4.29. The van der Waals surface area contributed by atoms with Crippen LogP contribution >= 0.6 is 0 Å². The Balaban J connectivity index is 1.56. The minimum Gasteiger partial charge on any atom is -0.484 e. The first-order chi connectivity index (χ1) is 14.0. The van der Waals surface area contributed by atoms with Crippen molar-refractivity contribution in [2.24, 2.45) is 5.92 Å². The van der Waals surface area contributed by atoms with E-state index in [-0.39, 0.29) is 18.4 Å². The molecule has 1 aliphatic carbocycles. The number of hydrogen-bond donors (Lipinski definition) is 1. The molecule has 2 amide bonds. The predicted octanol–water partition coefficient (Wildman–Crippen LogP) is 4.00. The van der Waals surface area contributed by atoms with Crippen LogP contribution in [0.15, 0.2) is 24.3 Å². The summed E-state index contributed by atoms with van der Waals surface area (Å²) < 4.78 is 11.7. The SMILES string of the molecule is CCCO[C@@]1(C(=O)Nc2ccc(OCC(=O)N3CCCC3)cc2)CCC[C@@H](C)C1. The van der Waals surface area contributed by atoms with Gasteiger partial charge in [-0.1, -0.05) is 20.3 Å². The molecule has 29 heavy (non-hydrogen) atoms. The zero-order valence-electron chi connectivity index (χ0n) is 17.7. The average molecular weight is 403 g/mol. The lowest BCUT2D eigenvalue weighted by Gasteiger charge is -2.38. The van der Waals surface area contributed by atoms with Crippen LogP contribution in [0.3, 0.4) is 0 Å². The molecule has 160 valence electrons. The number of amides is 2. The van der Waals surface area contributed by atoms with Gasteiger partial charge in [-0.05, 0) is 68.7 Å². The van der Waals surface area contributed by atoms with E-state index < -0.39 is 5.60 Å². The van der Waals surface area contributed by atoms with Gasteiger partial charge in [-0.15, -0.1) is 0 Å². The Morgan fingerprint density at radius 3 is 2.55 bits per heavy atom. The molecule has 1 N–H and O–H groups in total. The van der Waals surface area contributed by atoms with Gasteiger partial charge in [-0.2, -0.15) is 0 Å². The van der Waals surface area contributed by atoms with Gasteiger partial charge in [0.25, 0.3) is 11.8 Å². The fraction of sp³-hybridized carbons (Fsp3) is 0.652. The third-order valence-corrected chi connectivity index (χ3v) is 5.89. The van der Waals surface area contributed by atoms with Crippen LogP contribution in [-0.2, 0) is 14.3 Å². The van der Waals surface area contributed by atoms with Gasteiger partial charge in [-0.3, -0.25) is 9.59 Å². The highest BCUT2D eigenvalue weighted by Gasteiger charge is 2.42. The second-order valence-electron chi connectivity index (χ2n) is 8.40. The van der Waals surface area contributed by atoms with E-state index in [1.807, 2.05) is 17.0 Å². The van der Waals surface area contributed by atoms with Crippen molar-refractivity contribution in [1.82, 2.24) is 4.90 Å². The van der Waals surface area contributed by atoms with Crippen LogP contribution < -0.4 is 10.1 Å². The lowest BCUT2D eigenvalue weighted by atomic mass is 9.78. The molecule has 2 fully saturated rings. The smallest absolute Gasteiger partial charge is 0.260 e. The molecule has 3 rings (SSSR count). The third kappa shape index (κ3) is 5.72. The van der Waals surface area contributed by atoms with Crippen molar-refractivity contribution >= 4 is 17.5 Å². The zero-order chi connectivity index (χ0) is 20.7. The van der Waals surface area contributed by atoms with Gasteiger partial charge in [0.2, 0.25) is 0 Å². The molecular weight excluding hydrogens is 368 g/mol. The maximum absolute atomic E-state index is 13.1. The van der Waals surface area contributed by atoms with E-state index in [2.05, 4.69) is 19.2 Å². The van der Waals surface area contributed by atoms with Crippen molar-refractivity contribution in [3.63, 3.8) is 0 Å². The Morgan fingerprint density at radius 2 is 1.90 bits per heavy atom. The Kier molecular flexibility index (Phi) is 7.53. The zero-order valence-corrected chi connectivity index (χ0v) is 17.7. The maximum Gasteiger partial charge on any atom is 0.260 e. The van der Waals surface area contributed by atoms with Crippen molar-refractivity contribution < 1.29 is 19.1 Å². The molecule has 0 unspecified atom stereocenters. The van der Waals surface area contributed by atoms with Crippen molar-refractivity contribution in [3.05, 3.63) is 24.3 Å². The van der Waals surface area contributed by atoms with Crippen LogP contribution in [0.2, 0.25) is 0 Å². The van der Waals surface area contributed by atoms with Crippen LogP contribution in [0, 0.1) is 5.92 Å². The van der Waals surface area contributed by atoms with E-state index in [1.54, 1.807) is 12.1 Å². The summed E-state index contributed by atoms with van der Waals surface area (Å²) >= 11 is 0. The number of carbonyl (C=O) groups excluding carboxylic acids is 2. The van der Waals surface area contributed by atoms with Crippen LogP contribution in [0.4, 0.5) is 5.69 Å². The van der Waals surface area contributed by atoms with Crippen LogP contribution in [0.5, 0.6) is 5.75 Å². The minimum absolute atomic E-state index is 0.0290. The Bertz CT molecular complexity index is 685. The highest BCUT2D eigenvalue weighted by atomic mass is 16.5. The van der Waals surface area contributed by atoms with Gasteiger partial charge >= 0.3 is 0 Å². The van der Waals surface area contributed by atoms with E-state index in [9.17, 15) is 9.59 Å². The van der Waals surface area contributed by atoms with E-state index in [0.717, 1.165) is 58.0 Å². The summed E-state index contributed by atoms with van der Waals surface area (Å²) in [6, 6.07) is 7.20. The summed E-state index contributed by atoms with van der Waals surface area (Å²) in [4.78, 5) is 27.0. The van der Waals surface area contributed by atoms with Gasteiger partial charge in [0.05, 0.1) is 0 Å². The van der Waals surface area contributed by atoms with Crippen LogP contribution in [0.25, 0.3) is 0 Å². The summed E-state index contributed by atoms with van der Waals surface area (Å²) in [5, 5.41) is 3.02. The summed E-state index contributed by atoms with van der Waals surface area (Å²) in [6.07, 6.45) is 6.72. The molecular formula is C23H34N2O4. The number of rotatable bonds is 8. The molecule has 2 atom stereocenters. The summed E-state index contributed by atoms with van der Waals surface area (Å²) in [6.45, 7) is 6.55. The number of benzene rings is 1. The maximum atomic E-state index is 13.1. The molecule has 1 heterocycles. The lowest BCUT2D eigenvalue weighted by molar-refractivity contribution is -0.148. The molecule has 6 heteroatoms. The third-order valence-electron chi connectivity index (χ3n) is 5.89. The lowest BCUT2D eigenvalue weighted by Crippen LogP contribution is -2.48. The highest BCUT2D eigenvalue weighted by Crippen LogP contribution is 2.36. The normalized spacial score (nSPS) is 24.3. The van der Waals surface area contributed by atoms with Crippen LogP contribution in [0.1, 0.15) is 58.8 Å². The molecule has 1 aliphatic heterocycles. The fourth-order valence-electron chi connectivity index (χ4n) is 4.29.